The molecule has 0 fully saturated rings. The molecule has 1 atom stereocenters. The van der Waals surface area contributed by atoms with E-state index in [0.717, 1.165) is 5.56 Å². The van der Waals surface area contributed by atoms with Crippen molar-refractivity contribution in [2.75, 3.05) is 6.61 Å². The Kier molecular flexibility index (Phi) is 4.71. The molecule has 0 bridgehead atoms. The summed E-state index contributed by atoms with van der Waals surface area (Å²) < 4.78 is 0. The van der Waals surface area contributed by atoms with Crippen LogP contribution >= 0.6 is 0 Å². The second-order valence-electron chi connectivity index (χ2n) is 4.59. The average molecular weight is 220 g/mol. The molecule has 0 saturated carbocycles. The lowest BCUT2D eigenvalue weighted by Gasteiger charge is -2.26. The standard InChI is InChI=1S/C14H20O2/c1-14(2,13(16)9-11-15)10-8-12-6-4-3-5-7-12/h3-8,10,13,15-16H,9,11H2,1-2H3. The first-order chi connectivity index (χ1) is 7.56. The quantitative estimate of drug-likeness (QED) is 0.800. The largest absolute Gasteiger partial charge is 0.396 e. The summed E-state index contributed by atoms with van der Waals surface area (Å²) in [4.78, 5) is 0. The minimum Gasteiger partial charge on any atom is -0.396 e. The molecule has 88 valence electrons. The van der Waals surface area contributed by atoms with E-state index in [0.29, 0.717) is 6.42 Å². The van der Waals surface area contributed by atoms with Gasteiger partial charge in [-0.1, -0.05) is 56.3 Å². The molecule has 1 rings (SSSR count). The summed E-state index contributed by atoms with van der Waals surface area (Å²) in [5, 5.41) is 18.6. The third-order valence-electron chi connectivity index (χ3n) is 2.77. The topological polar surface area (TPSA) is 40.5 Å². The van der Waals surface area contributed by atoms with E-state index in [9.17, 15) is 5.11 Å². The minimum atomic E-state index is -0.516. The monoisotopic (exact) mass is 220 g/mol. The number of aliphatic hydroxyl groups excluding tert-OH is 2. The molecular formula is C14H20O2. The average Bonchev–Trinajstić information content (AvgIpc) is 2.28. The van der Waals surface area contributed by atoms with Crippen LogP contribution in [0.4, 0.5) is 0 Å². The van der Waals surface area contributed by atoms with Gasteiger partial charge >= 0.3 is 0 Å². The minimum absolute atomic E-state index is 0.0176. The maximum absolute atomic E-state index is 9.84. The first-order valence-corrected chi connectivity index (χ1v) is 5.59. The predicted octanol–water partition coefficient (Wildman–Crippen LogP) is 2.47. The molecule has 16 heavy (non-hydrogen) atoms. The fraction of sp³-hybridized carbons (Fsp3) is 0.429. The van der Waals surface area contributed by atoms with Crippen LogP contribution in [0.25, 0.3) is 6.08 Å². The molecule has 2 N–H and O–H groups in total. The van der Waals surface area contributed by atoms with Crippen molar-refractivity contribution in [1.82, 2.24) is 0 Å². The molecule has 0 amide bonds. The molecule has 0 aromatic heterocycles. The lowest BCUT2D eigenvalue weighted by Crippen LogP contribution is -2.28. The van der Waals surface area contributed by atoms with Crippen molar-refractivity contribution in [3.63, 3.8) is 0 Å². The molecule has 0 aliphatic carbocycles. The molecular weight excluding hydrogens is 200 g/mol. The smallest absolute Gasteiger partial charge is 0.0647 e. The van der Waals surface area contributed by atoms with Crippen LogP contribution in [0.3, 0.4) is 0 Å². The summed E-state index contributed by atoms with van der Waals surface area (Å²) in [5.74, 6) is 0. The van der Waals surface area contributed by atoms with Gasteiger partial charge in [0.25, 0.3) is 0 Å². The predicted molar refractivity (Wildman–Crippen MR) is 67.0 cm³/mol. The summed E-state index contributed by atoms with van der Waals surface area (Å²) >= 11 is 0. The zero-order chi connectivity index (χ0) is 12.0. The van der Waals surface area contributed by atoms with Gasteiger partial charge in [-0.05, 0) is 12.0 Å². The zero-order valence-corrected chi connectivity index (χ0v) is 9.93. The number of hydrogen-bond donors (Lipinski definition) is 2. The van der Waals surface area contributed by atoms with Crippen molar-refractivity contribution in [3.05, 3.63) is 42.0 Å². The Balaban J connectivity index is 2.68. The molecule has 0 aliphatic rings. The van der Waals surface area contributed by atoms with E-state index in [1.165, 1.54) is 0 Å². The second-order valence-corrected chi connectivity index (χ2v) is 4.59. The van der Waals surface area contributed by atoms with Gasteiger partial charge < -0.3 is 10.2 Å². The van der Waals surface area contributed by atoms with Gasteiger partial charge in [0.15, 0.2) is 0 Å². The van der Waals surface area contributed by atoms with Gasteiger partial charge in [0.1, 0.15) is 0 Å². The van der Waals surface area contributed by atoms with Crippen molar-refractivity contribution >= 4 is 6.08 Å². The SMILES string of the molecule is CC(C)(C=Cc1ccccc1)C(O)CCO. The van der Waals surface area contributed by atoms with E-state index in [2.05, 4.69) is 0 Å². The number of rotatable bonds is 5. The van der Waals surface area contributed by atoms with Gasteiger partial charge in [-0.2, -0.15) is 0 Å². The van der Waals surface area contributed by atoms with Crippen molar-refractivity contribution in [2.24, 2.45) is 5.41 Å². The van der Waals surface area contributed by atoms with E-state index in [-0.39, 0.29) is 12.0 Å². The lowest BCUT2D eigenvalue weighted by molar-refractivity contribution is 0.0571. The zero-order valence-electron chi connectivity index (χ0n) is 9.93. The Hall–Kier alpha value is -1.12. The van der Waals surface area contributed by atoms with Gasteiger partial charge in [0, 0.05) is 12.0 Å². The highest BCUT2D eigenvalue weighted by molar-refractivity contribution is 5.49. The van der Waals surface area contributed by atoms with Gasteiger partial charge in [0.2, 0.25) is 0 Å². The highest BCUT2D eigenvalue weighted by Crippen LogP contribution is 2.25. The van der Waals surface area contributed by atoms with Crippen molar-refractivity contribution in [2.45, 2.75) is 26.4 Å². The van der Waals surface area contributed by atoms with Gasteiger partial charge in [-0.15, -0.1) is 0 Å². The molecule has 1 aromatic carbocycles. The summed E-state index contributed by atoms with van der Waals surface area (Å²) in [6, 6.07) is 9.98. The van der Waals surface area contributed by atoms with E-state index in [4.69, 9.17) is 5.11 Å². The third kappa shape index (κ3) is 3.80. The van der Waals surface area contributed by atoms with Gasteiger partial charge in [-0.3, -0.25) is 0 Å². The van der Waals surface area contributed by atoms with E-state index in [1.54, 1.807) is 0 Å². The van der Waals surface area contributed by atoms with Crippen LogP contribution in [0, 0.1) is 5.41 Å². The van der Waals surface area contributed by atoms with Crippen molar-refractivity contribution in [3.8, 4) is 0 Å². The molecule has 0 spiro atoms. The van der Waals surface area contributed by atoms with Crippen LogP contribution < -0.4 is 0 Å². The highest BCUT2D eigenvalue weighted by atomic mass is 16.3. The Morgan fingerprint density at radius 1 is 1.25 bits per heavy atom. The Bertz CT molecular complexity index is 328. The van der Waals surface area contributed by atoms with Crippen molar-refractivity contribution in [1.29, 1.82) is 0 Å². The van der Waals surface area contributed by atoms with Gasteiger partial charge in [0.05, 0.1) is 6.10 Å². The lowest BCUT2D eigenvalue weighted by atomic mass is 9.84. The normalized spacial score (nSPS) is 14.2. The van der Waals surface area contributed by atoms with Crippen LogP contribution in [-0.4, -0.2) is 22.9 Å². The Morgan fingerprint density at radius 2 is 1.88 bits per heavy atom. The fourth-order valence-electron chi connectivity index (χ4n) is 1.48. The highest BCUT2D eigenvalue weighted by Gasteiger charge is 2.23. The first kappa shape index (κ1) is 12.9. The molecule has 0 radical (unpaired) electrons. The van der Waals surface area contributed by atoms with E-state index >= 15 is 0 Å². The van der Waals surface area contributed by atoms with Crippen LogP contribution in [-0.2, 0) is 0 Å². The van der Waals surface area contributed by atoms with Crippen molar-refractivity contribution < 1.29 is 10.2 Å². The molecule has 2 heteroatoms. The maximum atomic E-state index is 9.84. The summed E-state index contributed by atoms with van der Waals surface area (Å²) in [6.45, 7) is 3.95. The molecule has 1 unspecified atom stereocenters. The summed E-state index contributed by atoms with van der Waals surface area (Å²) in [7, 11) is 0. The third-order valence-corrected chi connectivity index (χ3v) is 2.77. The molecule has 0 heterocycles. The van der Waals surface area contributed by atoms with Crippen LogP contribution in [0.15, 0.2) is 36.4 Å². The fourth-order valence-corrected chi connectivity index (χ4v) is 1.48. The van der Waals surface area contributed by atoms with Gasteiger partial charge in [-0.25, -0.2) is 0 Å². The van der Waals surface area contributed by atoms with Crippen LogP contribution in [0.2, 0.25) is 0 Å². The van der Waals surface area contributed by atoms with Crippen LogP contribution in [0.5, 0.6) is 0 Å². The molecule has 2 nitrogen and oxygen atoms in total. The maximum Gasteiger partial charge on any atom is 0.0647 e. The molecule has 0 aliphatic heterocycles. The summed E-state index contributed by atoms with van der Waals surface area (Å²) in [5.41, 5.74) is 0.797. The molecule has 1 aromatic rings. The summed E-state index contributed by atoms with van der Waals surface area (Å²) in [6.07, 6.45) is 3.88. The van der Waals surface area contributed by atoms with E-state index < -0.39 is 6.10 Å². The Morgan fingerprint density at radius 3 is 2.44 bits per heavy atom. The van der Waals surface area contributed by atoms with E-state index in [1.807, 2.05) is 56.3 Å². The second kappa shape index (κ2) is 5.83. The Labute approximate surface area is 97.2 Å². The molecule has 0 saturated heterocycles. The number of benzene rings is 1. The van der Waals surface area contributed by atoms with Crippen LogP contribution in [0.1, 0.15) is 25.8 Å². The first-order valence-electron chi connectivity index (χ1n) is 5.59. The number of aliphatic hydroxyl groups is 2. The number of hydrogen-bond acceptors (Lipinski definition) is 2.